The number of imidazole rings is 1. The van der Waals surface area contributed by atoms with E-state index in [9.17, 15) is 4.39 Å². The lowest BCUT2D eigenvalue weighted by atomic mass is 9.97. The van der Waals surface area contributed by atoms with Crippen LogP contribution in [-0.4, -0.2) is 22.6 Å². The molecule has 2 aromatic rings. The van der Waals surface area contributed by atoms with Gasteiger partial charge in [0.2, 0.25) is 0 Å². The van der Waals surface area contributed by atoms with E-state index in [2.05, 4.69) is 17.2 Å². The van der Waals surface area contributed by atoms with Gasteiger partial charge in [0.1, 0.15) is 11.6 Å². The zero-order chi connectivity index (χ0) is 12.0. The molecular formula is C13H16FN3. The molecule has 1 aliphatic rings. The first-order chi connectivity index (χ1) is 8.16. The molecule has 1 aromatic carbocycles. The van der Waals surface area contributed by atoms with Crippen molar-refractivity contribution in [3.05, 3.63) is 29.8 Å². The summed E-state index contributed by atoms with van der Waals surface area (Å²) in [6.45, 7) is 4.22. The zero-order valence-electron chi connectivity index (χ0n) is 10.1. The second-order valence-corrected chi connectivity index (χ2v) is 4.90. The van der Waals surface area contributed by atoms with E-state index < -0.39 is 0 Å². The Kier molecular flexibility index (Phi) is 2.40. The smallest absolute Gasteiger partial charge is 0.125 e. The number of nitrogens with one attached hydrogen (secondary N) is 1. The van der Waals surface area contributed by atoms with Crippen LogP contribution in [0.25, 0.3) is 11.0 Å². The molecule has 1 aromatic heterocycles. The average molecular weight is 233 g/mol. The van der Waals surface area contributed by atoms with Crippen LogP contribution in [0, 0.1) is 11.7 Å². The standard InChI is InChI=1S/C13H16FN3/c1-8-6-15-7-10(8)13-16-11-4-3-9(14)5-12(11)17(13)2/h3-5,8,10,15H,6-7H2,1-2H3. The van der Waals surface area contributed by atoms with Gasteiger partial charge < -0.3 is 9.88 Å². The molecule has 0 bridgehead atoms. The Morgan fingerprint density at radius 1 is 1.41 bits per heavy atom. The summed E-state index contributed by atoms with van der Waals surface area (Å²) in [5, 5.41) is 3.38. The third kappa shape index (κ3) is 1.63. The summed E-state index contributed by atoms with van der Waals surface area (Å²) in [5.74, 6) is 1.86. The van der Waals surface area contributed by atoms with Gasteiger partial charge in [-0.1, -0.05) is 6.92 Å². The molecule has 3 nitrogen and oxygen atoms in total. The predicted octanol–water partition coefficient (Wildman–Crippen LogP) is 2.04. The summed E-state index contributed by atoms with van der Waals surface area (Å²) >= 11 is 0. The molecule has 0 radical (unpaired) electrons. The van der Waals surface area contributed by atoms with Crippen LogP contribution >= 0.6 is 0 Å². The van der Waals surface area contributed by atoms with Crippen LogP contribution in [-0.2, 0) is 7.05 Å². The Labute approximate surface area is 99.7 Å². The second-order valence-electron chi connectivity index (χ2n) is 4.90. The fourth-order valence-electron chi connectivity index (χ4n) is 2.67. The van der Waals surface area contributed by atoms with Crippen molar-refractivity contribution < 1.29 is 4.39 Å². The van der Waals surface area contributed by atoms with Crippen molar-refractivity contribution >= 4 is 11.0 Å². The summed E-state index contributed by atoms with van der Waals surface area (Å²) in [6, 6.07) is 4.77. The largest absolute Gasteiger partial charge is 0.331 e. The number of nitrogens with zero attached hydrogens (tertiary/aromatic N) is 2. The summed E-state index contributed by atoms with van der Waals surface area (Å²) in [6.07, 6.45) is 0. The Hall–Kier alpha value is -1.42. The van der Waals surface area contributed by atoms with E-state index in [1.165, 1.54) is 6.07 Å². The highest BCUT2D eigenvalue weighted by Gasteiger charge is 2.28. The molecule has 2 heterocycles. The van der Waals surface area contributed by atoms with Crippen LogP contribution in [0.1, 0.15) is 18.7 Å². The molecule has 2 unspecified atom stereocenters. The van der Waals surface area contributed by atoms with Gasteiger partial charge in [0.15, 0.2) is 0 Å². The molecule has 1 saturated heterocycles. The van der Waals surface area contributed by atoms with Crippen LogP contribution in [0.4, 0.5) is 4.39 Å². The number of halogens is 1. The molecule has 3 rings (SSSR count). The molecule has 2 atom stereocenters. The molecule has 4 heteroatoms. The normalized spacial score (nSPS) is 24.6. The molecule has 0 aliphatic carbocycles. The zero-order valence-corrected chi connectivity index (χ0v) is 10.1. The fourth-order valence-corrected chi connectivity index (χ4v) is 2.67. The maximum atomic E-state index is 13.2. The molecule has 0 spiro atoms. The first-order valence-electron chi connectivity index (χ1n) is 5.99. The number of hydrogen-bond acceptors (Lipinski definition) is 2. The predicted molar refractivity (Wildman–Crippen MR) is 65.4 cm³/mol. The Morgan fingerprint density at radius 3 is 2.94 bits per heavy atom. The molecule has 1 N–H and O–H groups in total. The first-order valence-corrected chi connectivity index (χ1v) is 5.99. The van der Waals surface area contributed by atoms with Crippen molar-refractivity contribution in [2.75, 3.05) is 13.1 Å². The van der Waals surface area contributed by atoms with Crippen LogP contribution in [0.5, 0.6) is 0 Å². The van der Waals surface area contributed by atoms with Crippen molar-refractivity contribution in [1.29, 1.82) is 0 Å². The van der Waals surface area contributed by atoms with Gasteiger partial charge in [0.05, 0.1) is 11.0 Å². The average Bonchev–Trinajstić information content (AvgIpc) is 2.84. The highest BCUT2D eigenvalue weighted by atomic mass is 19.1. The fraction of sp³-hybridized carbons (Fsp3) is 0.462. The van der Waals surface area contributed by atoms with Gasteiger partial charge in [-0.2, -0.15) is 0 Å². The van der Waals surface area contributed by atoms with Crippen LogP contribution in [0.3, 0.4) is 0 Å². The Bertz CT molecular complexity index is 561. The highest BCUT2D eigenvalue weighted by Crippen LogP contribution is 2.29. The van der Waals surface area contributed by atoms with E-state index in [0.29, 0.717) is 11.8 Å². The van der Waals surface area contributed by atoms with Crippen molar-refractivity contribution in [3.8, 4) is 0 Å². The number of rotatable bonds is 1. The van der Waals surface area contributed by atoms with Crippen LogP contribution in [0.15, 0.2) is 18.2 Å². The minimum atomic E-state index is -0.204. The molecule has 0 amide bonds. The van der Waals surface area contributed by atoms with Gasteiger partial charge in [-0.15, -0.1) is 0 Å². The third-order valence-electron chi connectivity index (χ3n) is 3.73. The van der Waals surface area contributed by atoms with E-state index in [4.69, 9.17) is 0 Å². The Morgan fingerprint density at radius 2 is 2.24 bits per heavy atom. The maximum Gasteiger partial charge on any atom is 0.125 e. The van der Waals surface area contributed by atoms with Gasteiger partial charge >= 0.3 is 0 Å². The summed E-state index contributed by atoms with van der Waals surface area (Å²) in [4.78, 5) is 4.64. The van der Waals surface area contributed by atoms with E-state index >= 15 is 0 Å². The van der Waals surface area contributed by atoms with Crippen molar-refractivity contribution in [2.45, 2.75) is 12.8 Å². The number of benzene rings is 1. The number of aryl methyl sites for hydroxylation is 1. The van der Waals surface area contributed by atoms with Crippen molar-refractivity contribution in [1.82, 2.24) is 14.9 Å². The monoisotopic (exact) mass is 233 g/mol. The minimum absolute atomic E-state index is 0.204. The van der Waals surface area contributed by atoms with Crippen LogP contribution < -0.4 is 5.32 Å². The summed E-state index contributed by atoms with van der Waals surface area (Å²) in [7, 11) is 1.97. The third-order valence-corrected chi connectivity index (χ3v) is 3.73. The molecule has 90 valence electrons. The SMILES string of the molecule is CC1CNCC1c1nc2ccc(F)cc2n1C. The highest BCUT2D eigenvalue weighted by molar-refractivity contribution is 5.76. The minimum Gasteiger partial charge on any atom is -0.331 e. The van der Waals surface area contributed by atoms with Gasteiger partial charge in [-0.25, -0.2) is 9.37 Å². The topological polar surface area (TPSA) is 29.9 Å². The number of aromatic nitrogens is 2. The molecule has 0 saturated carbocycles. The first kappa shape index (κ1) is 10.7. The summed E-state index contributed by atoms with van der Waals surface area (Å²) in [5.41, 5.74) is 1.75. The quantitative estimate of drug-likeness (QED) is 0.816. The number of fused-ring (bicyclic) bond motifs is 1. The van der Waals surface area contributed by atoms with E-state index in [-0.39, 0.29) is 5.82 Å². The molecule has 1 fully saturated rings. The lowest BCUT2D eigenvalue weighted by Crippen LogP contribution is -2.13. The molecule has 1 aliphatic heterocycles. The van der Waals surface area contributed by atoms with E-state index in [1.54, 1.807) is 12.1 Å². The van der Waals surface area contributed by atoms with E-state index in [0.717, 1.165) is 29.9 Å². The van der Waals surface area contributed by atoms with Gasteiger partial charge in [0, 0.05) is 19.5 Å². The second kappa shape index (κ2) is 3.81. The van der Waals surface area contributed by atoms with Gasteiger partial charge in [-0.3, -0.25) is 0 Å². The van der Waals surface area contributed by atoms with Gasteiger partial charge in [-0.05, 0) is 30.7 Å². The van der Waals surface area contributed by atoms with E-state index in [1.807, 2.05) is 11.6 Å². The van der Waals surface area contributed by atoms with Crippen LogP contribution in [0.2, 0.25) is 0 Å². The number of hydrogen-bond donors (Lipinski definition) is 1. The van der Waals surface area contributed by atoms with Crippen molar-refractivity contribution in [3.63, 3.8) is 0 Å². The lowest BCUT2D eigenvalue weighted by molar-refractivity contribution is 0.533. The van der Waals surface area contributed by atoms with Crippen molar-refractivity contribution in [2.24, 2.45) is 13.0 Å². The molecule has 17 heavy (non-hydrogen) atoms. The summed E-state index contributed by atoms with van der Waals surface area (Å²) < 4.78 is 15.2. The Balaban J connectivity index is 2.14. The maximum absolute atomic E-state index is 13.2. The van der Waals surface area contributed by atoms with Gasteiger partial charge in [0.25, 0.3) is 0 Å². The molecular weight excluding hydrogens is 217 g/mol. The lowest BCUT2D eigenvalue weighted by Gasteiger charge is -2.13.